The van der Waals surface area contributed by atoms with E-state index in [0.29, 0.717) is 31.9 Å². The van der Waals surface area contributed by atoms with Crippen molar-refractivity contribution in [3.63, 3.8) is 0 Å². The number of rotatable bonds is 5. The second kappa shape index (κ2) is 6.96. The highest BCUT2D eigenvalue weighted by Crippen LogP contribution is 2.22. The van der Waals surface area contributed by atoms with E-state index in [0.717, 1.165) is 24.8 Å². The predicted octanol–water partition coefficient (Wildman–Crippen LogP) is 1.62. The van der Waals surface area contributed by atoms with E-state index in [1.54, 1.807) is 18.5 Å². The number of nitrogens with zero attached hydrogens (tertiary/aromatic N) is 3. The lowest BCUT2D eigenvalue weighted by Crippen LogP contribution is -2.40. The topological polar surface area (TPSA) is 58.1 Å². The van der Waals surface area contributed by atoms with Crippen molar-refractivity contribution < 1.29 is 9.18 Å². The number of halogens is 1. The summed E-state index contributed by atoms with van der Waals surface area (Å²) in [7, 11) is 0. The van der Waals surface area contributed by atoms with Crippen LogP contribution in [-0.2, 0) is 11.3 Å². The second-order valence-corrected chi connectivity index (χ2v) is 5.91. The summed E-state index contributed by atoms with van der Waals surface area (Å²) in [6.45, 7) is 1.37. The maximum atomic E-state index is 13.7. The number of nitrogens with one attached hydrogen (secondary N) is 1. The van der Waals surface area contributed by atoms with Crippen molar-refractivity contribution in [1.29, 1.82) is 0 Å². The van der Waals surface area contributed by atoms with E-state index in [9.17, 15) is 9.18 Å². The molecule has 5 nitrogen and oxygen atoms in total. The van der Waals surface area contributed by atoms with Gasteiger partial charge in [0.25, 0.3) is 0 Å². The van der Waals surface area contributed by atoms with Gasteiger partial charge in [-0.1, -0.05) is 6.08 Å². The smallest absolute Gasteiger partial charge is 0.246 e. The summed E-state index contributed by atoms with van der Waals surface area (Å²) in [6, 6.07) is 1.77. The third-order valence-corrected chi connectivity index (χ3v) is 4.27. The summed E-state index contributed by atoms with van der Waals surface area (Å²) in [5.41, 5.74) is 0.868. The first-order chi connectivity index (χ1) is 10.7. The molecule has 0 saturated carbocycles. The van der Waals surface area contributed by atoms with Gasteiger partial charge in [-0.05, 0) is 31.7 Å². The van der Waals surface area contributed by atoms with Crippen LogP contribution in [0, 0.1) is 0 Å². The maximum Gasteiger partial charge on any atom is 0.246 e. The Kier molecular flexibility index (Phi) is 4.77. The van der Waals surface area contributed by atoms with Crippen molar-refractivity contribution in [1.82, 2.24) is 20.2 Å². The fourth-order valence-electron chi connectivity index (χ4n) is 3.12. The molecule has 6 heteroatoms. The number of amides is 1. The van der Waals surface area contributed by atoms with Crippen LogP contribution < -0.4 is 5.32 Å². The number of aromatic nitrogens is 2. The predicted molar refractivity (Wildman–Crippen MR) is 80.7 cm³/mol. The number of alkyl halides is 1. The molecule has 0 aromatic carbocycles. The van der Waals surface area contributed by atoms with E-state index >= 15 is 0 Å². The van der Waals surface area contributed by atoms with E-state index in [1.165, 1.54) is 0 Å². The van der Waals surface area contributed by atoms with Crippen molar-refractivity contribution >= 4 is 5.91 Å². The summed E-state index contributed by atoms with van der Waals surface area (Å²) in [5.74, 6) is 0.683. The number of hydrogen-bond donors (Lipinski definition) is 1. The summed E-state index contributed by atoms with van der Waals surface area (Å²) in [5, 5.41) is 2.95. The molecule has 22 heavy (non-hydrogen) atoms. The highest BCUT2D eigenvalue weighted by atomic mass is 19.1. The maximum absolute atomic E-state index is 13.7. The molecular weight excluding hydrogens is 283 g/mol. The number of hydrogen-bond acceptors (Lipinski definition) is 4. The molecule has 1 N–H and O–H groups in total. The lowest BCUT2D eigenvalue weighted by atomic mass is 10.2. The fraction of sp³-hybridized carbons (Fsp3) is 0.562. The minimum Gasteiger partial charge on any atom is -0.351 e. The Morgan fingerprint density at radius 3 is 2.95 bits per heavy atom. The van der Waals surface area contributed by atoms with Gasteiger partial charge in [-0.15, -0.1) is 0 Å². The number of likely N-dealkylation sites (tertiary alicyclic amines) is 1. The van der Waals surface area contributed by atoms with Crippen LogP contribution in [0.1, 0.15) is 31.5 Å². The summed E-state index contributed by atoms with van der Waals surface area (Å²) < 4.78 is 13.7. The highest BCUT2D eigenvalue weighted by Gasteiger charge is 2.32. The average Bonchev–Trinajstić information content (AvgIpc) is 3.16. The first-order valence-electron chi connectivity index (χ1n) is 7.83. The largest absolute Gasteiger partial charge is 0.351 e. The minimum atomic E-state index is -0.851. The zero-order valence-corrected chi connectivity index (χ0v) is 12.5. The van der Waals surface area contributed by atoms with E-state index in [-0.39, 0.29) is 11.9 Å². The van der Waals surface area contributed by atoms with Crippen LogP contribution in [0.5, 0.6) is 0 Å². The molecule has 2 heterocycles. The van der Waals surface area contributed by atoms with Crippen LogP contribution in [-0.4, -0.2) is 46.1 Å². The summed E-state index contributed by atoms with van der Waals surface area (Å²) in [4.78, 5) is 22.4. The molecule has 1 aromatic heterocycles. The van der Waals surface area contributed by atoms with Gasteiger partial charge in [0.2, 0.25) is 5.91 Å². The molecule has 1 aromatic rings. The molecule has 118 valence electrons. The van der Waals surface area contributed by atoms with Crippen molar-refractivity contribution in [2.75, 3.05) is 13.1 Å². The molecule has 2 atom stereocenters. The Hall–Kier alpha value is -1.82. The lowest BCUT2D eigenvalue weighted by Gasteiger charge is -2.23. The van der Waals surface area contributed by atoms with Gasteiger partial charge < -0.3 is 5.32 Å². The molecule has 0 radical (unpaired) electrons. The van der Waals surface area contributed by atoms with Crippen LogP contribution >= 0.6 is 0 Å². The zero-order chi connectivity index (χ0) is 15.4. The molecule has 0 unspecified atom stereocenters. The standard InChI is InChI=1S/C16H21FN4O/c17-13-8-14(9-20-16(22)12-4-1-2-5-12)21(10-13)11-15-18-6-3-7-19-15/h3-4,6-7,13-14H,1-2,5,8-11H2,(H,20,22)/t13-,14-/m0/s1. The normalized spacial score (nSPS) is 25.2. The quantitative estimate of drug-likeness (QED) is 0.898. The Labute approximate surface area is 129 Å². The monoisotopic (exact) mass is 304 g/mol. The zero-order valence-electron chi connectivity index (χ0n) is 12.5. The van der Waals surface area contributed by atoms with Crippen molar-refractivity contribution in [3.8, 4) is 0 Å². The van der Waals surface area contributed by atoms with Crippen LogP contribution in [0.15, 0.2) is 30.1 Å². The minimum absolute atomic E-state index is 0.00396. The number of carbonyl (C=O) groups is 1. The molecular formula is C16H21FN4O. The molecule has 1 aliphatic carbocycles. The van der Waals surface area contributed by atoms with Gasteiger partial charge in [0.1, 0.15) is 12.0 Å². The van der Waals surface area contributed by atoms with Crippen LogP contribution in [0.3, 0.4) is 0 Å². The van der Waals surface area contributed by atoms with Gasteiger partial charge in [0.05, 0.1) is 6.54 Å². The van der Waals surface area contributed by atoms with Gasteiger partial charge in [-0.3, -0.25) is 9.69 Å². The third-order valence-electron chi connectivity index (χ3n) is 4.27. The van der Waals surface area contributed by atoms with Gasteiger partial charge in [0.15, 0.2) is 0 Å². The molecule has 1 saturated heterocycles. The Morgan fingerprint density at radius 2 is 2.23 bits per heavy atom. The number of allylic oxidation sites excluding steroid dienone is 1. The fourth-order valence-corrected chi connectivity index (χ4v) is 3.12. The summed E-state index contributed by atoms with van der Waals surface area (Å²) in [6.07, 6.45) is 7.86. The first-order valence-corrected chi connectivity index (χ1v) is 7.83. The molecule has 0 spiro atoms. The van der Waals surface area contributed by atoms with Crippen molar-refractivity contribution in [3.05, 3.63) is 35.9 Å². The molecule has 0 bridgehead atoms. The Bertz CT molecular complexity index is 548. The van der Waals surface area contributed by atoms with Crippen LogP contribution in [0.4, 0.5) is 4.39 Å². The highest BCUT2D eigenvalue weighted by molar-refractivity contribution is 5.93. The molecule has 2 aliphatic rings. The van der Waals surface area contributed by atoms with E-state index in [4.69, 9.17) is 0 Å². The Morgan fingerprint density at radius 1 is 1.41 bits per heavy atom. The van der Waals surface area contributed by atoms with Crippen LogP contribution in [0.25, 0.3) is 0 Å². The van der Waals surface area contributed by atoms with Gasteiger partial charge >= 0.3 is 0 Å². The molecule has 3 rings (SSSR count). The van der Waals surface area contributed by atoms with Crippen LogP contribution in [0.2, 0.25) is 0 Å². The summed E-state index contributed by atoms with van der Waals surface area (Å²) >= 11 is 0. The SMILES string of the molecule is O=C(NC[C@@H]1C[C@H](F)CN1Cc1ncccn1)C1=CCCC1. The average molecular weight is 304 g/mol. The van der Waals surface area contributed by atoms with Gasteiger partial charge in [-0.2, -0.15) is 0 Å². The molecule has 1 aliphatic heterocycles. The Balaban J connectivity index is 1.55. The van der Waals surface area contributed by atoms with Gasteiger partial charge in [0, 0.05) is 37.1 Å². The third kappa shape index (κ3) is 3.68. The van der Waals surface area contributed by atoms with Crippen molar-refractivity contribution in [2.24, 2.45) is 0 Å². The van der Waals surface area contributed by atoms with E-state index in [1.807, 2.05) is 11.0 Å². The van der Waals surface area contributed by atoms with E-state index < -0.39 is 6.17 Å². The van der Waals surface area contributed by atoms with Gasteiger partial charge in [-0.25, -0.2) is 14.4 Å². The van der Waals surface area contributed by atoms with E-state index in [2.05, 4.69) is 15.3 Å². The van der Waals surface area contributed by atoms with Crippen molar-refractivity contribution in [2.45, 2.75) is 44.4 Å². The molecule has 1 amide bonds. The first kappa shape index (κ1) is 15.1. The number of carbonyl (C=O) groups excluding carboxylic acids is 1. The molecule has 1 fully saturated rings. The lowest BCUT2D eigenvalue weighted by molar-refractivity contribution is -0.117. The second-order valence-electron chi connectivity index (χ2n) is 5.91.